The van der Waals surface area contributed by atoms with E-state index in [2.05, 4.69) is 20.6 Å². The maximum atomic E-state index is 12.5. The van der Waals surface area contributed by atoms with Gasteiger partial charge in [-0.25, -0.2) is 4.98 Å². The molecule has 4 rings (SSSR count). The zero-order valence-electron chi connectivity index (χ0n) is 17.7. The Labute approximate surface area is 189 Å². The topological polar surface area (TPSA) is 111 Å². The Kier molecular flexibility index (Phi) is 6.42. The van der Waals surface area contributed by atoms with E-state index < -0.39 is 0 Å². The minimum absolute atomic E-state index is 0.0930. The van der Waals surface area contributed by atoms with Gasteiger partial charge in [0, 0.05) is 38.3 Å². The molecule has 168 valence electrons. The number of aryl methyl sites for hydroxylation is 1. The molecule has 0 spiro atoms. The molecule has 3 aromatic rings. The van der Waals surface area contributed by atoms with Crippen LogP contribution in [0.5, 0.6) is 5.75 Å². The van der Waals surface area contributed by atoms with E-state index in [0.717, 1.165) is 16.6 Å². The van der Waals surface area contributed by atoms with Crippen LogP contribution in [0.3, 0.4) is 0 Å². The average Bonchev–Trinajstić information content (AvgIpc) is 2.82. The fourth-order valence-corrected chi connectivity index (χ4v) is 3.49. The predicted octanol–water partition coefficient (Wildman–Crippen LogP) is 1.69. The molecule has 0 aliphatic carbocycles. The van der Waals surface area contributed by atoms with Crippen molar-refractivity contribution in [1.29, 1.82) is 0 Å². The van der Waals surface area contributed by atoms with E-state index in [9.17, 15) is 9.59 Å². The fraction of sp³-hybridized carbons (Fsp3) is 0.333. The van der Waals surface area contributed by atoms with Crippen LogP contribution in [-0.2, 0) is 16.6 Å². The quantitative estimate of drug-likeness (QED) is 0.574. The standard InChI is InChI=1S/C21H23ClN6O4/c1-23-18(29)12-32-17-10-13-9-14(3-4-16(13)27(2)20(17)30)25-19-15(22)11-24-21(26-19)28-5-7-31-8-6-28/h3-4,9-11H,5-8,12H2,1-2H3,(H,23,29)(H,24,25,26). The number of likely N-dealkylation sites (N-methyl/N-ethyl adjacent to an activating group) is 1. The SMILES string of the molecule is CNC(=O)COc1cc2cc(Nc3nc(N4CCOCC4)ncc3Cl)ccc2n(C)c1=O. The minimum Gasteiger partial charge on any atom is -0.478 e. The van der Waals surface area contributed by atoms with Crippen LogP contribution >= 0.6 is 11.6 Å². The Morgan fingerprint density at radius 2 is 2.06 bits per heavy atom. The number of carbonyl (C=O) groups is 1. The van der Waals surface area contributed by atoms with Gasteiger partial charge in [-0.15, -0.1) is 0 Å². The van der Waals surface area contributed by atoms with Gasteiger partial charge in [0.1, 0.15) is 5.02 Å². The molecule has 1 aliphatic heterocycles. The summed E-state index contributed by atoms with van der Waals surface area (Å²) < 4.78 is 12.3. The summed E-state index contributed by atoms with van der Waals surface area (Å²) >= 11 is 6.33. The van der Waals surface area contributed by atoms with E-state index >= 15 is 0 Å². The molecule has 1 aromatic carbocycles. The lowest BCUT2D eigenvalue weighted by molar-refractivity contribution is -0.122. The number of ether oxygens (including phenoxy) is 2. The lowest BCUT2D eigenvalue weighted by Gasteiger charge is -2.27. The molecule has 3 heterocycles. The van der Waals surface area contributed by atoms with E-state index in [1.165, 1.54) is 11.6 Å². The summed E-state index contributed by atoms with van der Waals surface area (Å²) in [6.07, 6.45) is 1.57. The number of carbonyl (C=O) groups excluding carboxylic acids is 1. The molecule has 1 fully saturated rings. The van der Waals surface area contributed by atoms with Crippen molar-refractivity contribution < 1.29 is 14.3 Å². The maximum absolute atomic E-state index is 12.5. The second kappa shape index (κ2) is 9.41. The lowest BCUT2D eigenvalue weighted by atomic mass is 10.2. The Bertz CT molecular complexity index is 1210. The largest absolute Gasteiger partial charge is 0.478 e. The van der Waals surface area contributed by atoms with Crippen molar-refractivity contribution in [3.8, 4) is 5.75 Å². The summed E-state index contributed by atoms with van der Waals surface area (Å²) in [5.74, 6) is 0.823. The number of halogens is 1. The molecule has 0 saturated carbocycles. The van der Waals surface area contributed by atoms with Crippen molar-refractivity contribution in [3.63, 3.8) is 0 Å². The molecule has 1 saturated heterocycles. The number of pyridine rings is 1. The molecule has 32 heavy (non-hydrogen) atoms. The van der Waals surface area contributed by atoms with Crippen molar-refractivity contribution in [1.82, 2.24) is 19.9 Å². The van der Waals surface area contributed by atoms with Gasteiger partial charge in [-0.2, -0.15) is 4.98 Å². The number of rotatable bonds is 6. The number of aromatic nitrogens is 3. The van der Waals surface area contributed by atoms with Crippen molar-refractivity contribution in [2.75, 3.05) is 50.2 Å². The van der Waals surface area contributed by atoms with Gasteiger partial charge in [0.25, 0.3) is 11.5 Å². The number of nitrogens with zero attached hydrogens (tertiary/aromatic N) is 4. The van der Waals surface area contributed by atoms with Crippen molar-refractivity contribution >= 4 is 45.9 Å². The van der Waals surface area contributed by atoms with Gasteiger partial charge >= 0.3 is 0 Å². The third-order valence-corrected chi connectivity index (χ3v) is 5.39. The number of benzene rings is 1. The first-order chi connectivity index (χ1) is 15.5. The first-order valence-electron chi connectivity index (χ1n) is 10.1. The van der Waals surface area contributed by atoms with Gasteiger partial charge in [-0.3, -0.25) is 9.59 Å². The van der Waals surface area contributed by atoms with Crippen LogP contribution in [0.2, 0.25) is 5.02 Å². The molecular weight excluding hydrogens is 436 g/mol. The zero-order chi connectivity index (χ0) is 22.7. The Morgan fingerprint density at radius 3 is 2.81 bits per heavy atom. The van der Waals surface area contributed by atoms with Crippen LogP contribution in [0, 0.1) is 0 Å². The van der Waals surface area contributed by atoms with Crippen LogP contribution in [0.1, 0.15) is 0 Å². The smallest absolute Gasteiger partial charge is 0.293 e. The van der Waals surface area contributed by atoms with Gasteiger partial charge in [0.2, 0.25) is 5.95 Å². The highest BCUT2D eigenvalue weighted by Gasteiger charge is 2.16. The van der Waals surface area contributed by atoms with E-state index in [1.54, 1.807) is 19.3 Å². The number of hydrogen-bond acceptors (Lipinski definition) is 8. The Hall–Kier alpha value is -3.37. The molecule has 0 radical (unpaired) electrons. The van der Waals surface area contributed by atoms with Crippen LogP contribution in [0.15, 0.2) is 35.3 Å². The Morgan fingerprint density at radius 1 is 1.28 bits per heavy atom. The van der Waals surface area contributed by atoms with E-state index in [4.69, 9.17) is 21.1 Å². The van der Waals surface area contributed by atoms with Gasteiger partial charge < -0.3 is 29.6 Å². The zero-order valence-corrected chi connectivity index (χ0v) is 18.5. The number of anilines is 3. The number of fused-ring (bicyclic) bond motifs is 1. The molecular formula is C21H23ClN6O4. The highest BCUT2D eigenvalue weighted by molar-refractivity contribution is 6.32. The molecule has 1 aliphatic rings. The van der Waals surface area contributed by atoms with Gasteiger partial charge in [0.05, 0.1) is 24.9 Å². The van der Waals surface area contributed by atoms with Crippen molar-refractivity contribution in [3.05, 3.63) is 45.8 Å². The average molecular weight is 459 g/mol. The highest BCUT2D eigenvalue weighted by atomic mass is 35.5. The second-order valence-corrected chi connectivity index (χ2v) is 7.61. The number of nitrogens with one attached hydrogen (secondary N) is 2. The first kappa shape index (κ1) is 21.8. The molecule has 10 nitrogen and oxygen atoms in total. The first-order valence-corrected chi connectivity index (χ1v) is 10.4. The maximum Gasteiger partial charge on any atom is 0.293 e. The third kappa shape index (κ3) is 4.61. The summed E-state index contributed by atoms with van der Waals surface area (Å²) in [6.45, 7) is 2.44. The minimum atomic E-state index is -0.323. The third-order valence-electron chi connectivity index (χ3n) is 5.12. The number of amides is 1. The molecule has 0 unspecified atom stereocenters. The highest BCUT2D eigenvalue weighted by Crippen LogP contribution is 2.27. The summed E-state index contributed by atoms with van der Waals surface area (Å²) in [6, 6.07) is 7.13. The molecule has 2 aromatic heterocycles. The summed E-state index contributed by atoms with van der Waals surface area (Å²) in [7, 11) is 3.16. The molecule has 11 heteroatoms. The second-order valence-electron chi connectivity index (χ2n) is 7.20. The fourth-order valence-electron chi connectivity index (χ4n) is 3.35. The van der Waals surface area contributed by atoms with Crippen molar-refractivity contribution in [2.45, 2.75) is 0 Å². The molecule has 2 N–H and O–H groups in total. The number of morpholine rings is 1. The van der Waals surface area contributed by atoms with E-state index in [-0.39, 0.29) is 23.8 Å². The van der Waals surface area contributed by atoms with Crippen LogP contribution in [0.25, 0.3) is 10.9 Å². The van der Waals surface area contributed by atoms with Crippen LogP contribution in [-0.4, -0.2) is 60.4 Å². The van der Waals surface area contributed by atoms with E-state index in [1.807, 2.05) is 23.1 Å². The van der Waals surface area contributed by atoms with Crippen LogP contribution in [0.4, 0.5) is 17.5 Å². The van der Waals surface area contributed by atoms with Gasteiger partial charge in [-0.05, 0) is 24.3 Å². The molecule has 1 amide bonds. The van der Waals surface area contributed by atoms with Gasteiger partial charge in [0.15, 0.2) is 18.2 Å². The number of hydrogen-bond donors (Lipinski definition) is 2. The predicted molar refractivity (Wildman–Crippen MR) is 122 cm³/mol. The van der Waals surface area contributed by atoms with Gasteiger partial charge in [-0.1, -0.05) is 11.6 Å². The van der Waals surface area contributed by atoms with Crippen molar-refractivity contribution in [2.24, 2.45) is 7.05 Å². The summed E-state index contributed by atoms with van der Waals surface area (Å²) in [4.78, 5) is 35.0. The monoisotopic (exact) mass is 458 g/mol. The summed E-state index contributed by atoms with van der Waals surface area (Å²) in [5, 5.41) is 6.82. The Balaban J connectivity index is 1.63. The normalized spacial score (nSPS) is 13.8. The molecule has 0 bridgehead atoms. The van der Waals surface area contributed by atoms with Crippen LogP contribution < -0.4 is 25.8 Å². The lowest BCUT2D eigenvalue weighted by Crippen LogP contribution is -2.37. The molecule has 0 atom stereocenters. The van der Waals surface area contributed by atoms with E-state index in [0.29, 0.717) is 43.1 Å². The summed E-state index contributed by atoms with van der Waals surface area (Å²) in [5.41, 5.74) is 1.12.